The standard InChI is InChI=1S/C13H12BrClN2S/c1-7(2)11-10(14)13(18)17-12(16-11)8-4-3-5-9(15)6-8/h3-7H,1-2H3,(H,16,17,18). The Morgan fingerprint density at radius 1 is 1.39 bits per heavy atom. The molecule has 1 heterocycles. The van der Waals surface area contributed by atoms with Gasteiger partial charge in [0.05, 0.1) is 4.47 Å². The summed E-state index contributed by atoms with van der Waals surface area (Å²) in [7, 11) is 0. The molecule has 0 bridgehead atoms. The second kappa shape index (κ2) is 5.51. The van der Waals surface area contributed by atoms with Gasteiger partial charge in [-0.15, -0.1) is 0 Å². The quantitative estimate of drug-likeness (QED) is 0.745. The van der Waals surface area contributed by atoms with Gasteiger partial charge >= 0.3 is 0 Å². The maximum atomic E-state index is 5.99. The Labute approximate surface area is 125 Å². The Hall–Kier alpha value is -0.710. The molecular weight excluding hydrogens is 332 g/mol. The smallest absolute Gasteiger partial charge is 0.144 e. The number of hydrogen-bond donors (Lipinski definition) is 1. The molecule has 5 heteroatoms. The summed E-state index contributed by atoms with van der Waals surface area (Å²) in [5.74, 6) is 1.08. The molecule has 1 aromatic carbocycles. The summed E-state index contributed by atoms with van der Waals surface area (Å²) in [4.78, 5) is 7.69. The number of nitrogens with one attached hydrogen (secondary N) is 1. The van der Waals surface area contributed by atoms with E-state index in [0.717, 1.165) is 21.6 Å². The summed E-state index contributed by atoms with van der Waals surface area (Å²) in [6.45, 7) is 4.21. The summed E-state index contributed by atoms with van der Waals surface area (Å²) in [6.07, 6.45) is 0. The Morgan fingerprint density at radius 3 is 2.72 bits per heavy atom. The van der Waals surface area contributed by atoms with E-state index in [2.05, 4.69) is 39.7 Å². The number of aromatic amines is 1. The van der Waals surface area contributed by atoms with Gasteiger partial charge in [-0.3, -0.25) is 0 Å². The van der Waals surface area contributed by atoms with Gasteiger partial charge in [-0.05, 0) is 34.0 Å². The monoisotopic (exact) mass is 342 g/mol. The SMILES string of the molecule is CC(C)c1[nH]c(-c2cccc(Cl)c2)nc(=S)c1Br. The predicted molar refractivity (Wildman–Crippen MR) is 81.7 cm³/mol. The molecule has 2 aromatic rings. The van der Waals surface area contributed by atoms with Crippen molar-refractivity contribution in [1.82, 2.24) is 9.97 Å². The van der Waals surface area contributed by atoms with Gasteiger partial charge in [0, 0.05) is 16.3 Å². The van der Waals surface area contributed by atoms with Gasteiger partial charge in [0.1, 0.15) is 10.5 Å². The third kappa shape index (κ3) is 2.82. The Balaban J connectivity index is 2.63. The largest absolute Gasteiger partial charge is 0.342 e. The van der Waals surface area contributed by atoms with E-state index in [1.54, 1.807) is 0 Å². The van der Waals surface area contributed by atoms with Crippen LogP contribution in [0.25, 0.3) is 11.4 Å². The minimum atomic E-state index is 0.335. The molecule has 2 nitrogen and oxygen atoms in total. The van der Waals surface area contributed by atoms with Crippen molar-refractivity contribution in [3.63, 3.8) is 0 Å². The Morgan fingerprint density at radius 2 is 2.11 bits per heavy atom. The van der Waals surface area contributed by atoms with E-state index in [4.69, 9.17) is 23.8 Å². The maximum absolute atomic E-state index is 5.99. The van der Waals surface area contributed by atoms with Crippen LogP contribution >= 0.6 is 39.7 Å². The number of halogens is 2. The van der Waals surface area contributed by atoms with Crippen molar-refractivity contribution < 1.29 is 0 Å². The molecule has 94 valence electrons. The number of H-pyrrole nitrogens is 1. The zero-order chi connectivity index (χ0) is 13.3. The van der Waals surface area contributed by atoms with Crippen molar-refractivity contribution in [3.05, 3.63) is 44.1 Å². The molecule has 0 atom stereocenters. The first kappa shape index (κ1) is 13.7. The second-order valence-electron chi connectivity index (χ2n) is 4.28. The molecule has 0 saturated heterocycles. The number of nitrogens with zero attached hydrogens (tertiary/aromatic N) is 1. The van der Waals surface area contributed by atoms with Gasteiger partial charge in [-0.2, -0.15) is 0 Å². The lowest BCUT2D eigenvalue weighted by Crippen LogP contribution is -2.00. The molecule has 1 N–H and O–H groups in total. The minimum Gasteiger partial charge on any atom is -0.342 e. The molecule has 0 amide bonds. The van der Waals surface area contributed by atoms with Crippen LogP contribution in [0.1, 0.15) is 25.5 Å². The first-order valence-corrected chi connectivity index (χ1v) is 7.12. The predicted octanol–water partition coefficient (Wildman–Crippen LogP) is 5.35. The highest BCUT2D eigenvalue weighted by molar-refractivity contribution is 9.10. The van der Waals surface area contributed by atoms with E-state index in [-0.39, 0.29) is 0 Å². The van der Waals surface area contributed by atoms with E-state index >= 15 is 0 Å². The van der Waals surface area contributed by atoms with Crippen molar-refractivity contribution in [3.8, 4) is 11.4 Å². The average Bonchev–Trinajstić information content (AvgIpc) is 2.32. The van der Waals surface area contributed by atoms with Crippen molar-refractivity contribution in [2.45, 2.75) is 19.8 Å². The molecule has 2 rings (SSSR count). The molecule has 0 aliphatic carbocycles. The summed E-state index contributed by atoms with van der Waals surface area (Å²) >= 11 is 14.7. The number of rotatable bonds is 2. The molecule has 0 aliphatic rings. The summed E-state index contributed by atoms with van der Waals surface area (Å²) in [5.41, 5.74) is 1.98. The lowest BCUT2D eigenvalue weighted by molar-refractivity contribution is 0.807. The zero-order valence-corrected chi connectivity index (χ0v) is 13.2. The van der Waals surface area contributed by atoms with Crippen LogP contribution in [0.2, 0.25) is 5.02 Å². The van der Waals surface area contributed by atoms with E-state index in [0.29, 0.717) is 15.6 Å². The highest BCUT2D eigenvalue weighted by atomic mass is 79.9. The second-order valence-corrected chi connectivity index (χ2v) is 5.90. The van der Waals surface area contributed by atoms with Crippen molar-refractivity contribution in [2.24, 2.45) is 0 Å². The fraction of sp³-hybridized carbons (Fsp3) is 0.231. The molecule has 0 aliphatic heterocycles. The topological polar surface area (TPSA) is 28.7 Å². The van der Waals surface area contributed by atoms with Gasteiger partial charge < -0.3 is 4.98 Å². The molecule has 18 heavy (non-hydrogen) atoms. The van der Waals surface area contributed by atoms with Crippen LogP contribution in [0.5, 0.6) is 0 Å². The highest BCUT2D eigenvalue weighted by Crippen LogP contribution is 2.27. The van der Waals surface area contributed by atoms with Crippen LogP contribution < -0.4 is 0 Å². The normalized spacial score (nSPS) is 10.9. The number of benzene rings is 1. The van der Waals surface area contributed by atoms with E-state index in [1.807, 2.05) is 24.3 Å². The van der Waals surface area contributed by atoms with E-state index < -0.39 is 0 Å². The summed E-state index contributed by atoms with van der Waals surface area (Å²) in [6, 6.07) is 7.56. The fourth-order valence-electron chi connectivity index (χ4n) is 1.65. The summed E-state index contributed by atoms with van der Waals surface area (Å²) in [5, 5.41) is 0.683. The van der Waals surface area contributed by atoms with Crippen LogP contribution in [0, 0.1) is 4.64 Å². The third-order valence-corrected chi connectivity index (χ3v) is 4.16. The van der Waals surface area contributed by atoms with Crippen LogP contribution in [-0.4, -0.2) is 9.97 Å². The molecule has 0 fully saturated rings. The molecular formula is C13H12BrClN2S. The van der Waals surface area contributed by atoms with Crippen molar-refractivity contribution >= 4 is 39.7 Å². The van der Waals surface area contributed by atoms with Crippen LogP contribution in [0.3, 0.4) is 0 Å². The number of aromatic nitrogens is 2. The van der Waals surface area contributed by atoms with E-state index in [9.17, 15) is 0 Å². The van der Waals surface area contributed by atoms with Crippen molar-refractivity contribution in [1.29, 1.82) is 0 Å². The summed E-state index contributed by atoms with van der Waals surface area (Å²) < 4.78 is 1.42. The van der Waals surface area contributed by atoms with Gasteiger partial charge in [0.2, 0.25) is 0 Å². The first-order chi connectivity index (χ1) is 8.49. The molecule has 0 saturated carbocycles. The van der Waals surface area contributed by atoms with Crippen LogP contribution in [-0.2, 0) is 0 Å². The lowest BCUT2D eigenvalue weighted by atomic mass is 10.1. The van der Waals surface area contributed by atoms with Gasteiger partial charge in [-0.25, -0.2) is 4.98 Å². The Kier molecular flexibility index (Phi) is 4.20. The van der Waals surface area contributed by atoms with Gasteiger partial charge in [-0.1, -0.05) is 49.8 Å². The number of hydrogen-bond acceptors (Lipinski definition) is 2. The molecule has 0 spiro atoms. The third-order valence-electron chi connectivity index (χ3n) is 2.57. The van der Waals surface area contributed by atoms with Crippen molar-refractivity contribution in [2.75, 3.05) is 0 Å². The van der Waals surface area contributed by atoms with Gasteiger partial charge in [0.15, 0.2) is 0 Å². The van der Waals surface area contributed by atoms with Crippen LogP contribution in [0.4, 0.5) is 0 Å². The van der Waals surface area contributed by atoms with Gasteiger partial charge in [0.25, 0.3) is 0 Å². The molecule has 1 aromatic heterocycles. The average molecular weight is 344 g/mol. The maximum Gasteiger partial charge on any atom is 0.144 e. The Bertz CT molecular complexity index is 637. The first-order valence-electron chi connectivity index (χ1n) is 5.54. The zero-order valence-electron chi connectivity index (χ0n) is 10.00. The molecule has 0 radical (unpaired) electrons. The highest BCUT2D eigenvalue weighted by Gasteiger charge is 2.11. The van der Waals surface area contributed by atoms with Crippen LogP contribution in [0.15, 0.2) is 28.7 Å². The molecule has 0 unspecified atom stereocenters. The lowest BCUT2D eigenvalue weighted by Gasteiger charge is -2.11. The van der Waals surface area contributed by atoms with E-state index in [1.165, 1.54) is 0 Å². The fourth-order valence-corrected chi connectivity index (χ4v) is 2.68. The minimum absolute atomic E-state index is 0.335.